The molecule has 0 spiro atoms. The molecule has 1 aliphatic rings. The van der Waals surface area contributed by atoms with Gasteiger partial charge in [-0.2, -0.15) is 0 Å². The van der Waals surface area contributed by atoms with Crippen LogP contribution in [0.5, 0.6) is 0 Å². The van der Waals surface area contributed by atoms with E-state index in [0.717, 1.165) is 25.7 Å². The summed E-state index contributed by atoms with van der Waals surface area (Å²) in [4.78, 5) is 19.1. The molecule has 1 aliphatic carbocycles. The van der Waals surface area contributed by atoms with Crippen LogP contribution in [-0.2, 0) is 0 Å². The van der Waals surface area contributed by atoms with E-state index in [9.17, 15) is 4.79 Å². The molecule has 0 bridgehead atoms. The fourth-order valence-electron chi connectivity index (χ4n) is 3.26. The van der Waals surface area contributed by atoms with E-state index in [4.69, 9.17) is 11.6 Å². The Bertz CT molecular complexity index is 702. The molecule has 2 heterocycles. The molecule has 112 valence electrons. The second kappa shape index (κ2) is 5.78. The van der Waals surface area contributed by atoms with Gasteiger partial charge in [-0.05, 0) is 58.0 Å². The topological polar surface area (TPSA) is 38.1 Å². The molecular weight excluding hydrogens is 286 g/mol. The lowest BCUT2D eigenvalue weighted by molar-refractivity contribution is 0.194. The van der Waals surface area contributed by atoms with Crippen LogP contribution in [0.25, 0.3) is 10.9 Å². The summed E-state index contributed by atoms with van der Waals surface area (Å²) < 4.78 is 1.88. The van der Waals surface area contributed by atoms with E-state index in [2.05, 4.69) is 24.0 Å². The van der Waals surface area contributed by atoms with Crippen molar-refractivity contribution in [2.75, 3.05) is 14.1 Å². The lowest BCUT2D eigenvalue weighted by Crippen LogP contribution is -2.35. The Kier molecular flexibility index (Phi) is 4.00. The molecular formula is C16H20ClN3O. The largest absolute Gasteiger partial charge is 0.312 e. The van der Waals surface area contributed by atoms with Crippen molar-refractivity contribution in [3.05, 3.63) is 39.9 Å². The molecule has 0 aliphatic heterocycles. The Labute approximate surface area is 129 Å². The minimum absolute atomic E-state index is 0.0463. The first-order valence-corrected chi connectivity index (χ1v) is 7.78. The van der Waals surface area contributed by atoms with Gasteiger partial charge in [0.15, 0.2) is 0 Å². The quantitative estimate of drug-likeness (QED) is 0.800. The van der Waals surface area contributed by atoms with Crippen LogP contribution in [0, 0.1) is 0 Å². The summed E-state index contributed by atoms with van der Waals surface area (Å²) in [5.74, 6) is 0. The van der Waals surface area contributed by atoms with Crippen LogP contribution in [0.3, 0.4) is 0 Å². The van der Waals surface area contributed by atoms with Gasteiger partial charge in [0, 0.05) is 18.3 Å². The van der Waals surface area contributed by atoms with Crippen LogP contribution >= 0.6 is 11.6 Å². The summed E-state index contributed by atoms with van der Waals surface area (Å²) in [7, 11) is 4.26. The van der Waals surface area contributed by atoms with Crippen LogP contribution in [0.1, 0.15) is 31.7 Å². The molecule has 1 fully saturated rings. The summed E-state index contributed by atoms with van der Waals surface area (Å²) in [6, 6.07) is 6.28. The third-order valence-corrected chi connectivity index (χ3v) is 4.75. The number of pyridine rings is 2. The summed E-state index contributed by atoms with van der Waals surface area (Å²) in [6.07, 6.45) is 6.25. The third kappa shape index (κ3) is 2.83. The van der Waals surface area contributed by atoms with Crippen molar-refractivity contribution in [2.45, 2.75) is 37.8 Å². The van der Waals surface area contributed by atoms with E-state index in [-0.39, 0.29) is 5.56 Å². The standard InChI is InChI=1S/C16H20ClN3O/c1-19(2)11-3-5-12(6-4-11)20-10-9-14-13(16(20)21)7-8-15(17)18-14/h7-12H,3-6H2,1-2H3. The van der Waals surface area contributed by atoms with E-state index in [1.165, 1.54) is 0 Å². The predicted molar refractivity (Wildman–Crippen MR) is 86.0 cm³/mol. The summed E-state index contributed by atoms with van der Waals surface area (Å²) in [5, 5.41) is 1.07. The Morgan fingerprint density at radius 1 is 1.19 bits per heavy atom. The molecule has 0 N–H and O–H groups in total. The lowest BCUT2D eigenvalue weighted by atomic mass is 9.90. The maximum absolute atomic E-state index is 12.6. The van der Waals surface area contributed by atoms with Crippen LogP contribution in [0.2, 0.25) is 5.15 Å². The molecule has 0 radical (unpaired) electrons. The lowest BCUT2D eigenvalue weighted by Gasteiger charge is -2.33. The SMILES string of the molecule is CN(C)C1CCC(n2ccc3nc(Cl)ccc3c2=O)CC1. The zero-order chi connectivity index (χ0) is 15.0. The maximum atomic E-state index is 12.6. The normalized spacial score (nSPS) is 22.9. The Morgan fingerprint density at radius 2 is 1.90 bits per heavy atom. The molecule has 5 heteroatoms. The molecule has 0 unspecified atom stereocenters. The second-order valence-corrected chi connectivity index (χ2v) is 6.41. The molecule has 0 atom stereocenters. The number of aromatic nitrogens is 2. The van der Waals surface area contributed by atoms with Gasteiger partial charge in [-0.1, -0.05) is 11.6 Å². The van der Waals surface area contributed by atoms with Crippen LogP contribution in [0.15, 0.2) is 29.2 Å². The first-order valence-electron chi connectivity index (χ1n) is 7.40. The summed E-state index contributed by atoms with van der Waals surface area (Å²) >= 11 is 5.88. The average molecular weight is 306 g/mol. The van der Waals surface area contributed by atoms with Crippen LogP contribution in [0.4, 0.5) is 0 Å². The monoisotopic (exact) mass is 305 g/mol. The number of rotatable bonds is 2. The third-order valence-electron chi connectivity index (χ3n) is 4.54. The second-order valence-electron chi connectivity index (χ2n) is 6.02. The van der Waals surface area contributed by atoms with Gasteiger partial charge in [0.25, 0.3) is 5.56 Å². The summed E-state index contributed by atoms with van der Waals surface area (Å²) in [5.41, 5.74) is 0.718. The number of fused-ring (bicyclic) bond motifs is 1. The van der Waals surface area contributed by atoms with Crippen molar-refractivity contribution in [3.63, 3.8) is 0 Å². The van der Waals surface area contributed by atoms with Crippen molar-refractivity contribution < 1.29 is 0 Å². The molecule has 0 saturated heterocycles. The van der Waals surface area contributed by atoms with E-state index >= 15 is 0 Å². The van der Waals surface area contributed by atoms with Crippen molar-refractivity contribution in [3.8, 4) is 0 Å². The molecule has 21 heavy (non-hydrogen) atoms. The molecule has 3 rings (SSSR count). The van der Waals surface area contributed by atoms with Crippen molar-refractivity contribution >= 4 is 22.5 Å². The zero-order valence-electron chi connectivity index (χ0n) is 12.4. The highest BCUT2D eigenvalue weighted by molar-refractivity contribution is 6.29. The highest BCUT2D eigenvalue weighted by Crippen LogP contribution is 2.29. The van der Waals surface area contributed by atoms with E-state index in [1.54, 1.807) is 12.1 Å². The van der Waals surface area contributed by atoms with Crippen LogP contribution in [-0.4, -0.2) is 34.6 Å². The highest BCUT2D eigenvalue weighted by Gasteiger charge is 2.24. The minimum Gasteiger partial charge on any atom is -0.312 e. The summed E-state index contributed by atoms with van der Waals surface area (Å²) in [6.45, 7) is 0. The first-order chi connectivity index (χ1) is 10.1. The first kappa shape index (κ1) is 14.5. The number of hydrogen-bond acceptors (Lipinski definition) is 3. The highest BCUT2D eigenvalue weighted by atomic mass is 35.5. The molecule has 4 nitrogen and oxygen atoms in total. The fourth-order valence-corrected chi connectivity index (χ4v) is 3.41. The van der Waals surface area contributed by atoms with Gasteiger partial charge < -0.3 is 9.47 Å². The Morgan fingerprint density at radius 3 is 2.57 bits per heavy atom. The molecule has 1 saturated carbocycles. The molecule has 2 aromatic heterocycles. The van der Waals surface area contributed by atoms with Gasteiger partial charge in [0.05, 0.1) is 10.9 Å². The van der Waals surface area contributed by atoms with Crippen molar-refractivity contribution in [1.82, 2.24) is 14.5 Å². The van der Waals surface area contributed by atoms with Gasteiger partial charge in [-0.15, -0.1) is 0 Å². The predicted octanol–water partition coefficient (Wildman–Crippen LogP) is 3.10. The maximum Gasteiger partial charge on any atom is 0.260 e. The van der Waals surface area contributed by atoms with Gasteiger partial charge in [-0.25, -0.2) is 4.98 Å². The van der Waals surface area contributed by atoms with Gasteiger partial charge >= 0.3 is 0 Å². The zero-order valence-corrected chi connectivity index (χ0v) is 13.2. The average Bonchev–Trinajstić information content (AvgIpc) is 2.47. The van der Waals surface area contributed by atoms with Gasteiger partial charge in [0.1, 0.15) is 5.15 Å². The molecule has 0 aromatic carbocycles. The number of halogens is 1. The minimum atomic E-state index is 0.0463. The van der Waals surface area contributed by atoms with E-state index in [0.29, 0.717) is 28.1 Å². The van der Waals surface area contributed by atoms with Crippen molar-refractivity contribution in [2.24, 2.45) is 0 Å². The van der Waals surface area contributed by atoms with Gasteiger partial charge in [0.2, 0.25) is 0 Å². The Balaban J connectivity index is 1.90. The van der Waals surface area contributed by atoms with Crippen LogP contribution < -0.4 is 5.56 Å². The van der Waals surface area contributed by atoms with Crippen molar-refractivity contribution in [1.29, 1.82) is 0 Å². The number of hydrogen-bond donors (Lipinski definition) is 0. The number of nitrogens with zero attached hydrogens (tertiary/aromatic N) is 3. The van der Waals surface area contributed by atoms with E-state index < -0.39 is 0 Å². The Hall–Kier alpha value is -1.39. The van der Waals surface area contributed by atoms with E-state index in [1.807, 2.05) is 16.8 Å². The smallest absolute Gasteiger partial charge is 0.260 e. The molecule has 0 amide bonds. The van der Waals surface area contributed by atoms with Gasteiger partial charge in [-0.3, -0.25) is 4.79 Å². The molecule has 2 aromatic rings. The fraction of sp³-hybridized carbons (Fsp3) is 0.500.